The van der Waals surface area contributed by atoms with Crippen LogP contribution >= 0.6 is 12.2 Å². The lowest BCUT2D eigenvalue weighted by Crippen LogP contribution is -2.39. The fraction of sp³-hybridized carbons (Fsp3) is 0.636. The quantitative estimate of drug-likeness (QED) is 0.245. The number of carbonyl (C=O) groups is 3. The number of amides is 1. The number of nitrogens with zero attached hydrogens (tertiary/aromatic N) is 1. The van der Waals surface area contributed by atoms with E-state index in [-0.39, 0.29) is 13.0 Å². The van der Waals surface area contributed by atoms with Gasteiger partial charge in [-0.25, -0.2) is 0 Å². The summed E-state index contributed by atoms with van der Waals surface area (Å²) in [6.07, 6.45) is 0.595. The second-order valence-electron chi connectivity index (χ2n) is 4.34. The molecule has 1 rings (SSSR count). The predicted octanol–water partition coefficient (Wildman–Crippen LogP) is -1.58. The van der Waals surface area contributed by atoms with Crippen LogP contribution in [0.5, 0.6) is 0 Å². The number of methoxy groups -OCH3 is 1. The molecule has 1 aliphatic heterocycles. The molecule has 0 aromatic rings. The number of aliphatic carboxylic acids is 1. The Morgan fingerprint density at radius 3 is 3.00 bits per heavy atom. The fourth-order valence-electron chi connectivity index (χ4n) is 1.52. The minimum absolute atomic E-state index is 0.00429. The van der Waals surface area contributed by atoms with Gasteiger partial charge in [-0.05, 0) is 6.42 Å². The van der Waals surface area contributed by atoms with Crippen molar-refractivity contribution >= 4 is 35.9 Å². The summed E-state index contributed by atoms with van der Waals surface area (Å²) in [5, 5.41) is 10.8. The lowest BCUT2D eigenvalue weighted by atomic mass is 10.1. The van der Waals surface area contributed by atoms with Gasteiger partial charge in [-0.15, -0.1) is 0 Å². The Kier molecular flexibility index (Phi) is 7.63. The van der Waals surface area contributed by atoms with E-state index in [9.17, 15) is 14.4 Å². The number of aliphatic imine (C=N–C) groups is 1. The second kappa shape index (κ2) is 9.23. The van der Waals surface area contributed by atoms with Crippen molar-refractivity contribution in [3.05, 3.63) is 0 Å². The van der Waals surface area contributed by atoms with Crippen molar-refractivity contribution in [2.45, 2.75) is 24.9 Å². The van der Waals surface area contributed by atoms with Gasteiger partial charge in [-0.1, -0.05) is 0 Å². The van der Waals surface area contributed by atoms with E-state index in [1.165, 1.54) is 7.11 Å². The van der Waals surface area contributed by atoms with E-state index in [0.29, 0.717) is 12.3 Å². The molecule has 2 atom stereocenters. The minimum Gasteiger partial charge on any atom is -0.480 e. The number of carboxylic acids is 1. The molecule has 0 saturated carbocycles. The maximum atomic E-state index is 11.8. The molecule has 0 radical (unpaired) electrons. The number of rotatable bonds is 7. The molecule has 22 heavy (non-hydrogen) atoms. The van der Waals surface area contributed by atoms with E-state index in [0.717, 1.165) is 12.2 Å². The molecular formula is C11H18N4O6S. The summed E-state index contributed by atoms with van der Waals surface area (Å²) in [6, 6.07) is -1.66. The highest BCUT2D eigenvalue weighted by molar-refractivity contribution is 7.93. The minimum atomic E-state index is -1.15. The number of esters is 1. The summed E-state index contributed by atoms with van der Waals surface area (Å²) in [5.74, 6) is -1.81. The Labute approximate surface area is 131 Å². The van der Waals surface area contributed by atoms with Crippen molar-refractivity contribution in [2.24, 2.45) is 10.7 Å². The van der Waals surface area contributed by atoms with Crippen LogP contribution in [0.15, 0.2) is 4.99 Å². The van der Waals surface area contributed by atoms with Gasteiger partial charge in [0.15, 0.2) is 6.04 Å². The van der Waals surface area contributed by atoms with Gasteiger partial charge < -0.3 is 20.9 Å². The van der Waals surface area contributed by atoms with Crippen LogP contribution in [-0.4, -0.2) is 61.1 Å². The average molecular weight is 334 g/mol. The Bertz CT molecular complexity index is 458. The SMILES string of the molecule is COC(=O)C(N)CCC1=NC(C(=O)NCC(=O)O)COSN1. The number of carbonyl (C=O) groups excluding carboxylic acids is 2. The Hall–Kier alpha value is -1.85. The molecule has 10 nitrogen and oxygen atoms in total. The van der Waals surface area contributed by atoms with Crippen LogP contribution in [0.4, 0.5) is 0 Å². The molecule has 1 amide bonds. The maximum Gasteiger partial charge on any atom is 0.322 e. The monoisotopic (exact) mass is 334 g/mol. The van der Waals surface area contributed by atoms with Crippen LogP contribution in [0.25, 0.3) is 0 Å². The number of carboxylic acid groups (broad SMARTS) is 1. The van der Waals surface area contributed by atoms with Crippen molar-refractivity contribution in [3.63, 3.8) is 0 Å². The molecule has 0 spiro atoms. The number of amidine groups is 1. The van der Waals surface area contributed by atoms with Gasteiger partial charge in [0.25, 0.3) is 0 Å². The normalized spacial score (nSPS) is 19.2. The number of hydrogen-bond donors (Lipinski definition) is 4. The van der Waals surface area contributed by atoms with E-state index in [4.69, 9.17) is 15.0 Å². The van der Waals surface area contributed by atoms with Crippen LogP contribution in [-0.2, 0) is 23.3 Å². The first-order chi connectivity index (χ1) is 10.4. The van der Waals surface area contributed by atoms with E-state index < -0.39 is 36.5 Å². The third kappa shape index (κ3) is 6.28. The van der Waals surface area contributed by atoms with Crippen LogP contribution in [0.3, 0.4) is 0 Å². The maximum absolute atomic E-state index is 11.8. The van der Waals surface area contributed by atoms with Gasteiger partial charge >= 0.3 is 11.9 Å². The summed E-state index contributed by atoms with van der Waals surface area (Å²) in [4.78, 5) is 37.6. The topological polar surface area (TPSA) is 152 Å². The fourth-order valence-corrected chi connectivity index (χ4v) is 2.03. The zero-order chi connectivity index (χ0) is 16.5. The van der Waals surface area contributed by atoms with Crippen molar-refractivity contribution in [1.82, 2.24) is 10.0 Å². The van der Waals surface area contributed by atoms with Crippen LogP contribution < -0.4 is 15.8 Å². The molecular weight excluding hydrogens is 316 g/mol. The Morgan fingerprint density at radius 1 is 1.64 bits per heavy atom. The lowest BCUT2D eigenvalue weighted by Gasteiger charge is -2.11. The van der Waals surface area contributed by atoms with Gasteiger partial charge in [-0.2, -0.15) is 0 Å². The van der Waals surface area contributed by atoms with E-state index >= 15 is 0 Å². The molecule has 1 heterocycles. The van der Waals surface area contributed by atoms with Crippen molar-refractivity contribution < 1.29 is 28.4 Å². The predicted molar refractivity (Wildman–Crippen MR) is 77.8 cm³/mol. The molecule has 124 valence electrons. The highest BCUT2D eigenvalue weighted by atomic mass is 32.2. The third-order valence-electron chi connectivity index (χ3n) is 2.67. The smallest absolute Gasteiger partial charge is 0.322 e. The zero-order valence-corrected chi connectivity index (χ0v) is 12.7. The van der Waals surface area contributed by atoms with Crippen molar-refractivity contribution in [1.29, 1.82) is 0 Å². The number of nitrogens with one attached hydrogen (secondary N) is 2. The molecule has 0 aliphatic carbocycles. The summed E-state index contributed by atoms with van der Waals surface area (Å²) >= 11 is 0.901. The molecule has 0 bridgehead atoms. The van der Waals surface area contributed by atoms with Crippen LogP contribution in [0, 0.1) is 0 Å². The third-order valence-corrected chi connectivity index (χ3v) is 3.24. The van der Waals surface area contributed by atoms with Gasteiger partial charge in [0, 0.05) is 6.42 Å². The van der Waals surface area contributed by atoms with Crippen LogP contribution in [0.1, 0.15) is 12.8 Å². The van der Waals surface area contributed by atoms with Gasteiger partial charge in [0.05, 0.1) is 13.7 Å². The molecule has 2 unspecified atom stereocenters. The summed E-state index contributed by atoms with van der Waals surface area (Å²) in [5.41, 5.74) is 5.62. The summed E-state index contributed by atoms with van der Waals surface area (Å²) < 4.78 is 12.4. The highest BCUT2D eigenvalue weighted by Gasteiger charge is 2.23. The summed E-state index contributed by atoms with van der Waals surface area (Å²) in [7, 11) is 1.25. The van der Waals surface area contributed by atoms with Gasteiger partial charge in [-0.3, -0.25) is 28.3 Å². The van der Waals surface area contributed by atoms with Crippen molar-refractivity contribution in [2.75, 3.05) is 20.3 Å². The molecule has 11 heteroatoms. The summed E-state index contributed by atoms with van der Waals surface area (Å²) in [6.45, 7) is -0.496. The Balaban J connectivity index is 2.58. The molecule has 1 aliphatic rings. The van der Waals surface area contributed by atoms with Gasteiger partial charge in [0.1, 0.15) is 30.7 Å². The molecule has 0 aromatic carbocycles. The van der Waals surface area contributed by atoms with E-state index in [2.05, 4.69) is 19.8 Å². The molecule has 5 N–H and O–H groups in total. The highest BCUT2D eigenvalue weighted by Crippen LogP contribution is 2.10. The van der Waals surface area contributed by atoms with E-state index in [1.807, 2.05) is 0 Å². The first-order valence-corrected chi connectivity index (χ1v) is 7.12. The van der Waals surface area contributed by atoms with Crippen LogP contribution in [0.2, 0.25) is 0 Å². The standard InChI is InChI=1S/C11H18N4O6S/c1-20-11(19)6(12)2-3-8-14-7(5-21-22-15-8)10(18)13-4-9(16)17/h6-7H,2-5,12H2,1H3,(H,13,18)(H,14,15)(H,16,17). The zero-order valence-electron chi connectivity index (χ0n) is 11.9. The first kappa shape index (κ1) is 18.2. The first-order valence-electron chi connectivity index (χ1n) is 6.38. The largest absolute Gasteiger partial charge is 0.480 e. The molecule has 0 saturated heterocycles. The van der Waals surface area contributed by atoms with Gasteiger partial charge in [0.2, 0.25) is 5.91 Å². The van der Waals surface area contributed by atoms with E-state index in [1.54, 1.807) is 0 Å². The molecule has 0 aromatic heterocycles. The number of hydrogen-bond acceptors (Lipinski definition) is 9. The number of nitrogens with two attached hydrogens (primary N) is 1. The lowest BCUT2D eigenvalue weighted by molar-refractivity contribution is -0.142. The second-order valence-corrected chi connectivity index (χ2v) is 4.95. The average Bonchev–Trinajstić information content (AvgIpc) is 2.74. The molecule has 0 fully saturated rings. The number of ether oxygens (including phenoxy) is 1. The van der Waals surface area contributed by atoms with Crippen molar-refractivity contribution in [3.8, 4) is 0 Å². The Morgan fingerprint density at radius 2 is 2.36 bits per heavy atom.